The van der Waals surface area contributed by atoms with E-state index in [1.54, 1.807) is 26.0 Å². The fourth-order valence-electron chi connectivity index (χ4n) is 6.29. The van der Waals surface area contributed by atoms with E-state index in [-0.39, 0.29) is 17.5 Å². The monoisotopic (exact) mass is 448 g/mol. The molecule has 0 atom stereocenters. The zero-order chi connectivity index (χ0) is 22.2. The fourth-order valence-corrected chi connectivity index (χ4v) is 7.79. The molecule has 0 spiro atoms. The summed E-state index contributed by atoms with van der Waals surface area (Å²) in [6, 6.07) is 6.16. The molecule has 0 saturated heterocycles. The van der Waals surface area contributed by atoms with Crippen LogP contribution in [0.1, 0.15) is 52.4 Å². The van der Waals surface area contributed by atoms with Crippen molar-refractivity contribution in [3.05, 3.63) is 24.3 Å². The Morgan fingerprint density at radius 2 is 1.65 bits per heavy atom. The van der Waals surface area contributed by atoms with Crippen LogP contribution in [0.15, 0.2) is 29.2 Å². The Morgan fingerprint density at radius 3 is 2.19 bits per heavy atom. The summed E-state index contributed by atoms with van der Waals surface area (Å²) in [5, 5.41) is 2.66. The van der Waals surface area contributed by atoms with Crippen LogP contribution in [0.3, 0.4) is 0 Å². The summed E-state index contributed by atoms with van der Waals surface area (Å²) >= 11 is 0. The summed E-state index contributed by atoms with van der Waals surface area (Å²) in [7, 11) is -3.61. The molecule has 1 aromatic rings. The van der Waals surface area contributed by atoms with Crippen molar-refractivity contribution in [3.63, 3.8) is 0 Å². The van der Waals surface area contributed by atoms with Gasteiger partial charge >= 0.3 is 5.97 Å². The van der Waals surface area contributed by atoms with E-state index in [0.717, 1.165) is 19.3 Å². The van der Waals surface area contributed by atoms with Gasteiger partial charge in [-0.2, -0.15) is 4.31 Å². The number of benzene rings is 1. The summed E-state index contributed by atoms with van der Waals surface area (Å²) < 4.78 is 32.2. The third-order valence-electron chi connectivity index (χ3n) is 7.27. The van der Waals surface area contributed by atoms with Gasteiger partial charge in [0.1, 0.15) is 0 Å². The number of hydrogen-bond donors (Lipinski definition) is 1. The molecule has 5 rings (SSSR count). The van der Waals surface area contributed by atoms with Gasteiger partial charge in [-0.05, 0) is 74.5 Å². The van der Waals surface area contributed by atoms with E-state index in [1.807, 2.05) is 0 Å². The second-order valence-corrected chi connectivity index (χ2v) is 11.4. The highest BCUT2D eigenvalue weighted by atomic mass is 32.2. The number of esters is 1. The van der Waals surface area contributed by atoms with Gasteiger partial charge in [-0.15, -0.1) is 0 Å². The number of carbonyl (C=O) groups is 2. The average molecular weight is 449 g/mol. The third kappa shape index (κ3) is 4.37. The van der Waals surface area contributed by atoms with E-state index in [2.05, 4.69) is 5.32 Å². The Morgan fingerprint density at radius 1 is 1.06 bits per heavy atom. The van der Waals surface area contributed by atoms with Crippen molar-refractivity contribution >= 4 is 27.6 Å². The van der Waals surface area contributed by atoms with Crippen LogP contribution >= 0.6 is 0 Å². The molecule has 0 radical (unpaired) electrons. The summed E-state index contributed by atoms with van der Waals surface area (Å²) in [6.45, 7) is 3.95. The molecule has 1 aromatic carbocycles. The quantitative estimate of drug-likeness (QED) is 0.615. The fraction of sp³-hybridized carbons (Fsp3) is 0.652. The molecule has 31 heavy (non-hydrogen) atoms. The molecule has 170 valence electrons. The number of rotatable bonds is 8. The minimum absolute atomic E-state index is 0.125. The molecule has 4 aliphatic carbocycles. The van der Waals surface area contributed by atoms with Crippen LogP contribution in [0, 0.1) is 23.2 Å². The van der Waals surface area contributed by atoms with Crippen LogP contribution in [0.5, 0.6) is 0 Å². The highest BCUT2D eigenvalue weighted by molar-refractivity contribution is 7.89. The van der Waals surface area contributed by atoms with Crippen LogP contribution in [0.4, 0.5) is 5.69 Å². The highest BCUT2D eigenvalue weighted by Gasteiger charge is 2.55. The molecule has 7 nitrogen and oxygen atoms in total. The molecule has 4 aliphatic rings. The molecule has 0 aromatic heterocycles. The Hall–Kier alpha value is -1.93. The van der Waals surface area contributed by atoms with Gasteiger partial charge in [0.15, 0.2) is 6.61 Å². The molecule has 1 amide bonds. The lowest BCUT2D eigenvalue weighted by Crippen LogP contribution is -2.50. The number of nitrogens with zero attached hydrogens (tertiary/aromatic N) is 1. The van der Waals surface area contributed by atoms with Crippen LogP contribution < -0.4 is 5.32 Å². The largest absolute Gasteiger partial charge is 0.455 e. The molecule has 4 saturated carbocycles. The number of amides is 1. The van der Waals surface area contributed by atoms with Crippen molar-refractivity contribution in [1.29, 1.82) is 0 Å². The minimum Gasteiger partial charge on any atom is -0.455 e. The van der Waals surface area contributed by atoms with Crippen LogP contribution in [0.25, 0.3) is 0 Å². The smallest absolute Gasteiger partial charge is 0.312 e. The predicted octanol–water partition coefficient (Wildman–Crippen LogP) is 3.42. The lowest BCUT2D eigenvalue weighted by molar-refractivity contribution is -0.172. The van der Waals surface area contributed by atoms with E-state index < -0.39 is 21.3 Å². The van der Waals surface area contributed by atoms with Gasteiger partial charge in [-0.3, -0.25) is 9.59 Å². The molecule has 4 bridgehead atoms. The predicted molar refractivity (Wildman–Crippen MR) is 117 cm³/mol. The molecule has 1 N–H and O–H groups in total. The van der Waals surface area contributed by atoms with Crippen molar-refractivity contribution in [2.24, 2.45) is 23.2 Å². The summed E-state index contributed by atoms with van der Waals surface area (Å²) in [5.41, 5.74) is -0.0311. The first-order valence-corrected chi connectivity index (χ1v) is 12.8. The summed E-state index contributed by atoms with van der Waals surface area (Å²) in [5.74, 6) is 1.18. The second-order valence-electron chi connectivity index (χ2n) is 9.44. The van der Waals surface area contributed by atoms with Crippen molar-refractivity contribution in [1.82, 2.24) is 4.31 Å². The molecule has 8 heteroatoms. The van der Waals surface area contributed by atoms with Gasteiger partial charge in [-0.25, -0.2) is 8.42 Å². The minimum atomic E-state index is -3.61. The van der Waals surface area contributed by atoms with Crippen LogP contribution in [0.2, 0.25) is 0 Å². The zero-order valence-corrected chi connectivity index (χ0v) is 19.1. The van der Waals surface area contributed by atoms with Gasteiger partial charge in [0.05, 0.1) is 10.3 Å². The number of ether oxygens (including phenoxy) is 1. The number of anilines is 1. The van der Waals surface area contributed by atoms with Crippen molar-refractivity contribution < 1.29 is 22.7 Å². The maximum absolute atomic E-state index is 12.9. The number of carbonyl (C=O) groups excluding carboxylic acids is 2. The topological polar surface area (TPSA) is 92.8 Å². The highest BCUT2D eigenvalue weighted by Crippen LogP contribution is 2.60. The van der Waals surface area contributed by atoms with Crippen LogP contribution in [-0.4, -0.2) is 44.3 Å². The lowest BCUT2D eigenvalue weighted by Gasteiger charge is -2.55. The van der Waals surface area contributed by atoms with Gasteiger partial charge < -0.3 is 10.1 Å². The molecular formula is C23H32N2O5S. The first-order valence-electron chi connectivity index (χ1n) is 11.3. The maximum atomic E-state index is 12.9. The van der Waals surface area contributed by atoms with Crippen molar-refractivity contribution in [3.8, 4) is 0 Å². The normalized spacial score (nSPS) is 29.2. The Labute approximate surface area is 184 Å². The Bertz CT molecular complexity index is 919. The SMILES string of the molecule is CCN(CC)S(=O)(=O)c1cccc(NC(=O)COC(=O)C23CC4CC(CC(C4)C2)C3)c1. The Balaban J connectivity index is 1.36. The first kappa shape index (κ1) is 22.3. The number of sulfonamides is 1. The van der Waals surface area contributed by atoms with E-state index >= 15 is 0 Å². The average Bonchev–Trinajstić information content (AvgIpc) is 2.72. The molecular weight excluding hydrogens is 416 g/mol. The van der Waals surface area contributed by atoms with E-state index in [4.69, 9.17) is 4.74 Å². The molecule has 4 fully saturated rings. The summed E-state index contributed by atoms with van der Waals surface area (Å²) in [6.07, 6.45) is 6.39. The zero-order valence-electron chi connectivity index (χ0n) is 18.3. The van der Waals surface area contributed by atoms with Gasteiger partial charge in [0.2, 0.25) is 10.0 Å². The first-order chi connectivity index (χ1) is 14.8. The van der Waals surface area contributed by atoms with Gasteiger partial charge in [0, 0.05) is 18.8 Å². The van der Waals surface area contributed by atoms with E-state index in [0.29, 0.717) is 36.5 Å². The standard InChI is InChI=1S/C23H32N2O5S/c1-3-25(4-2)31(28,29)20-7-5-6-19(11-20)24-21(26)15-30-22(27)23-12-16-8-17(13-23)10-18(9-16)14-23/h5-7,11,16-18H,3-4,8-10,12-15H2,1-2H3,(H,24,26). The van der Waals surface area contributed by atoms with E-state index in [1.165, 1.54) is 35.7 Å². The molecule has 0 aliphatic heterocycles. The Kier molecular flexibility index (Phi) is 6.14. The van der Waals surface area contributed by atoms with Gasteiger partial charge in [0.25, 0.3) is 5.91 Å². The number of nitrogens with one attached hydrogen (secondary N) is 1. The third-order valence-corrected chi connectivity index (χ3v) is 9.31. The number of hydrogen-bond acceptors (Lipinski definition) is 5. The lowest BCUT2D eigenvalue weighted by atomic mass is 9.49. The van der Waals surface area contributed by atoms with Crippen LogP contribution in [-0.2, 0) is 24.3 Å². The maximum Gasteiger partial charge on any atom is 0.312 e. The summed E-state index contributed by atoms with van der Waals surface area (Å²) in [4.78, 5) is 25.4. The van der Waals surface area contributed by atoms with E-state index in [9.17, 15) is 18.0 Å². The second kappa shape index (κ2) is 8.54. The molecule has 0 unspecified atom stereocenters. The molecule has 0 heterocycles. The van der Waals surface area contributed by atoms with Gasteiger partial charge in [-0.1, -0.05) is 19.9 Å². The van der Waals surface area contributed by atoms with Crippen molar-refractivity contribution in [2.75, 3.05) is 25.0 Å². The van der Waals surface area contributed by atoms with Crippen molar-refractivity contribution in [2.45, 2.75) is 57.3 Å².